The fourth-order valence-electron chi connectivity index (χ4n) is 1.84. The van der Waals surface area contributed by atoms with Crippen LogP contribution in [0.3, 0.4) is 0 Å². The van der Waals surface area contributed by atoms with E-state index in [9.17, 15) is 4.79 Å². The van der Waals surface area contributed by atoms with Crippen molar-refractivity contribution >= 4 is 5.91 Å². The van der Waals surface area contributed by atoms with Gasteiger partial charge in [-0.1, -0.05) is 6.92 Å². The van der Waals surface area contributed by atoms with Crippen molar-refractivity contribution in [3.05, 3.63) is 0 Å². The van der Waals surface area contributed by atoms with Crippen molar-refractivity contribution in [1.82, 2.24) is 10.2 Å². The van der Waals surface area contributed by atoms with Crippen LogP contribution in [0.2, 0.25) is 0 Å². The second-order valence-electron chi connectivity index (χ2n) is 4.06. The molecule has 1 atom stereocenters. The summed E-state index contributed by atoms with van der Waals surface area (Å²) in [6, 6.07) is -0.00644. The molecule has 1 unspecified atom stereocenters. The molecule has 1 fully saturated rings. The van der Waals surface area contributed by atoms with Crippen molar-refractivity contribution in [3.63, 3.8) is 0 Å². The average Bonchev–Trinajstić information content (AvgIpc) is 2.26. The van der Waals surface area contributed by atoms with Crippen LogP contribution in [0.1, 0.15) is 39.5 Å². The molecule has 0 aromatic heterocycles. The number of piperidine rings is 1. The van der Waals surface area contributed by atoms with Gasteiger partial charge in [-0.3, -0.25) is 4.79 Å². The number of nitrogens with one attached hydrogen (secondary N) is 1. The molecule has 82 valence electrons. The van der Waals surface area contributed by atoms with Crippen molar-refractivity contribution in [2.75, 3.05) is 19.6 Å². The molecule has 1 aliphatic rings. The minimum atomic E-state index is -0.00644. The van der Waals surface area contributed by atoms with Gasteiger partial charge in [0.2, 0.25) is 5.91 Å². The third-order valence-electron chi connectivity index (χ3n) is 2.74. The Morgan fingerprint density at radius 2 is 2.00 bits per heavy atom. The Hall–Kier alpha value is -0.570. The van der Waals surface area contributed by atoms with E-state index < -0.39 is 0 Å². The molecule has 1 amide bonds. The fraction of sp³-hybridized carbons (Fsp3) is 0.909. The first-order chi connectivity index (χ1) is 6.75. The van der Waals surface area contributed by atoms with Crippen molar-refractivity contribution in [2.45, 2.75) is 45.6 Å². The Morgan fingerprint density at radius 3 is 2.57 bits per heavy atom. The number of hydrogen-bond donors (Lipinski definition) is 1. The third kappa shape index (κ3) is 3.29. The Bertz CT molecular complexity index is 176. The maximum absolute atomic E-state index is 11.9. The van der Waals surface area contributed by atoms with Gasteiger partial charge in [-0.05, 0) is 39.2 Å². The van der Waals surface area contributed by atoms with Crippen LogP contribution in [0.5, 0.6) is 0 Å². The van der Waals surface area contributed by atoms with Gasteiger partial charge >= 0.3 is 0 Å². The van der Waals surface area contributed by atoms with Gasteiger partial charge in [-0.15, -0.1) is 0 Å². The summed E-state index contributed by atoms with van der Waals surface area (Å²) in [4.78, 5) is 13.9. The highest BCUT2D eigenvalue weighted by Gasteiger charge is 2.20. The van der Waals surface area contributed by atoms with Crippen LogP contribution in [0.4, 0.5) is 0 Å². The molecule has 0 aromatic carbocycles. The molecule has 3 nitrogen and oxygen atoms in total. The maximum atomic E-state index is 11.9. The lowest BCUT2D eigenvalue weighted by Gasteiger charge is -2.29. The first-order valence-corrected chi connectivity index (χ1v) is 5.78. The number of hydrogen-bond acceptors (Lipinski definition) is 2. The van der Waals surface area contributed by atoms with Crippen LogP contribution >= 0.6 is 0 Å². The van der Waals surface area contributed by atoms with Gasteiger partial charge in [0.1, 0.15) is 0 Å². The predicted octanol–water partition coefficient (Wildman–Crippen LogP) is 1.39. The van der Waals surface area contributed by atoms with Crippen molar-refractivity contribution < 1.29 is 4.79 Å². The first-order valence-electron chi connectivity index (χ1n) is 5.78. The number of carbonyl (C=O) groups excluding carboxylic acids is 1. The summed E-state index contributed by atoms with van der Waals surface area (Å²) in [5.41, 5.74) is 0. The van der Waals surface area contributed by atoms with Crippen molar-refractivity contribution in [3.8, 4) is 0 Å². The molecule has 1 N–H and O–H groups in total. The summed E-state index contributed by atoms with van der Waals surface area (Å²) in [6.07, 6.45) is 4.71. The molecular formula is C11H22N2O. The zero-order valence-corrected chi connectivity index (χ0v) is 9.38. The number of rotatable bonds is 4. The number of nitrogens with zero attached hydrogens (tertiary/aromatic N) is 1. The van der Waals surface area contributed by atoms with Crippen LogP contribution in [0.25, 0.3) is 0 Å². The Balaban J connectivity index is 2.30. The molecule has 0 saturated carbocycles. The van der Waals surface area contributed by atoms with Crippen molar-refractivity contribution in [2.24, 2.45) is 0 Å². The van der Waals surface area contributed by atoms with E-state index in [-0.39, 0.29) is 11.9 Å². The van der Waals surface area contributed by atoms with Gasteiger partial charge in [0.25, 0.3) is 0 Å². The standard InChI is InChI=1S/C11H22N2O/c1-3-7-12-10(2)11(14)13-8-5-4-6-9-13/h10,12H,3-9H2,1-2H3. The zero-order chi connectivity index (χ0) is 10.4. The third-order valence-corrected chi connectivity index (χ3v) is 2.74. The second kappa shape index (κ2) is 6.02. The Kier molecular flexibility index (Phi) is 4.94. The van der Waals surface area contributed by atoms with E-state index >= 15 is 0 Å². The van der Waals surface area contributed by atoms with E-state index in [2.05, 4.69) is 12.2 Å². The summed E-state index contributed by atoms with van der Waals surface area (Å²) >= 11 is 0. The average molecular weight is 198 g/mol. The van der Waals surface area contributed by atoms with Gasteiger partial charge in [0.15, 0.2) is 0 Å². The molecule has 0 aliphatic carbocycles. The highest BCUT2D eigenvalue weighted by Crippen LogP contribution is 2.09. The van der Waals surface area contributed by atoms with E-state index in [1.807, 2.05) is 11.8 Å². The fourth-order valence-corrected chi connectivity index (χ4v) is 1.84. The molecule has 1 aliphatic heterocycles. The summed E-state index contributed by atoms with van der Waals surface area (Å²) in [6.45, 7) is 6.92. The van der Waals surface area contributed by atoms with Gasteiger partial charge in [-0.2, -0.15) is 0 Å². The summed E-state index contributed by atoms with van der Waals surface area (Å²) in [7, 11) is 0. The van der Waals surface area contributed by atoms with Gasteiger partial charge in [-0.25, -0.2) is 0 Å². The number of carbonyl (C=O) groups is 1. The topological polar surface area (TPSA) is 32.3 Å². The monoisotopic (exact) mass is 198 g/mol. The minimum absolute atomic E-state index is 0.00644. The van der Waals surface area contributed by atoms with Gasteiger partial charge in [0.05, 0.1) is 6.04 Å². The van der Waals surface area contributed by atoms with Crippen LogP contribution in [0, 0.1) is 0 Å². The lowest BCUT2D eigenvalue weighted by molar-refractivity contribution is -0.133. The molecule has 14 heavy (non-hydrogen) atoms. The first kappa shape index (κ1) is 11.5. The van der Waals surface area contributed by atoms with E-state index in [1.165, 1.54) is 19.3 Å². The summed E-state index contributed by atoms with van der Waals surface area (Å²) in [5.74, 6) is 0.276. The van der Waals surface area contributed by atoms with Crippen LogP contribution in [-0.4, -0.2) is 36.5 Å². The molecule has 3 heteroatoms. The Morgan fingerprint density at radius 1 is 1.36 bits per heavy atom. The minimum Gasteiger partial charge on any atom is -0.341 e. The molecular weight excluding hydrogens is 176 g/mol. The summed E-state index contributed by atoms with van der Waals surface area (Å²) < 4.78 is 0. The van der Waals surface area contributed by atoms with E-state index in [0.29, 0.717) is 0 Å². The predicted molar refractivity (Wildman–Crippen MR) is 58.2 cm³/mol. The lowest BCUT2D eigenvalue weighted by Crippen LogP contribution is -2.46. The van der Waals surface area contributed by atoms with E-state index in [4.69, 9.17) is 0 Å². The van der Waals surface area contributed by atoms with Crippen LogP contribution < -0.4 is 5.32 Å². The smallest absolute Gasteiger partial charge is 0.239 e. The Labute approximate surface area is 86.9 Å². The number of likely N-dealkylation sites (tertiary alicyclic amines) is 1. The van der Waals surface area contributed by atoms with Gasteiger partial charge in [0, 0.05) is 13.1 Å². The molecule has 1 rings (SSSR count). The largest absolute Gasteiger partial charge is 0.341 e. The zero-order valence-electron chi connectivity index (χ0n) is 9.38. The molecule has 1 saturated heterocycles. The van der Waals surface area contributed by atoms with Crippen LogP contribution in [0.15, 0.2) is 0 Å². The second-order valence-corrected chi connectivity index (χ2v) is 4.06. The number of amides is 1. The quantitative estimate of drug-likeness (QED) is 0.740. The van der Waals surface area contributed by atoms with E-state index in [0.717, 1.165) is 26.1 Å². The van der Waals surface area contributed by atoms with Gasteiger partial charge < -0.3 is 10.2 Å². The molecule has 1 heterocycles. The molecule has 0 bridgehead atoms. The highest BCUT2D eigenvalue weighted by molar-refractivity contribution is 5.81. The van der Waals surface area contributed by atoms with E-state index in [1.54, 1.807) is 0 Å². The lowest BCUT2D eigenvalue weighted by atomic mass is 10.1. The molecule has 0 aromatic rings. The molecule has 0 spiro atoms. The maximum Gasteiger partial charge on any atom is 0.239 e. The van der Waals surface area contributed by atoms with Crippen molar-refractivity contribution in [1.29, 1.82) is 0 Å². The van der Waals surface area contributed by atoms with Crippen LogP contribution in [-0.2, 0) is 4.79 Å². The highest BCUT2D eigenvalue weighted by atomic mass is 16.2. The SMILES string of the molecule is CCCNC(C)C(=O)N1CCCCC1. The normalized spacial score (nSPS) is 19.4. The summed E-state index contributed by atoms with van der Waals surface area (Å²) in [5, 5.41) is 3.24. The molecule has 0 radical (unpaired) electrons.